The highest BCUT2D eigenvalue weighted by Crippen LogP contribution is 2.35. The smallest absolute Gasteiger partial charge is 0.241 e. The summed E-state index contributed by atoms with van der Waals surface area (Å²) in [5.41, 5.74) is 7.21. The normalized spacial score (nSPS) is 23.6. The first-order valence-electron chi connectivity index (χ1n) is 7.09. The Morgan fingerprint density at radius 1 is 1.37 bits per heavy atom. The molecule has 3 N–H and O–H groups in total. The van der Waals surface area contributed by atoms with Crippen molar-refractivity contribution in [2.75, 3.05) is 0 Å². The van der Waals surface area contributed by atoms with E-state index in [1.807, 2.05) is 30.3 Å². The number of benzene rings is 1. The number of carbonyl (C=O) groups is 1. The highest BCUT2D eigenvalue weighted by Gasteiger charge is 2.29. The van der Waals surface area contributed by atoms with E-state index in [1.54, 1.807) is 0 Å². The number of nitrogens with two attached hydrogens (primary N) is 1. The van der Waals surface area contributed by atoms with E-state index in [4.69, 9.17) is 5.73 Å². The summed E-state index contributed by atoms with van der Waals surface area (Å²) >= 11 is 0. The summed E-state index contributed by atoms with van der Waals surface area (Å²) in [6, 6.07) is 9.25. The molecule has 0 aromatic heterocycles. The zero-order chi connectivity index (χ0) is 13.9. The van der Waals surface area contributed by atoms with Crippen molar-refractivity contribution in [2.45, 2.75) is 51.6 Å². The molecular formula is C16H24N2O. The number of hydrogen-bond donors (Lipinski definition) is 2. The van der Waals surface area contributed by atoms with Crippen LogP contribution in [-0.2, 0) is 4.79 Å². The molecule has 0 aliphatic heterocycles. The molecule has 1 unspecified atom stereocenters. The van der Waals surface area contributed by atoms with Crippen LogP contribution in [0.25, 0.3) is 0 Å². The summed E-state index contributed by atoms with van der Waals surface area (Å²) in [6.07, 6.45) is 4.53. The Balaban J connectivity index is 1.94. The minimum atomic E-state index is -0.564. The van der Waals surface area contributed by atoms with Gasteiger partial charge in [0.15, 0.2) is 0 Å². The van der Waals surface area contributed by atoms with Gasteiger partial charge in [0.05, 0.1) is 0 Å². The largest absolute Gasteiger partial charge is 0.352 e. The van der Waals surface area contributed by atoms with Gasteiger partial charge in [-0.1, -0.05) is 50.6 Å². The van der Waals surface area contributed by atoms with Gasteiger partial charge < -0.3 is 11.1 Å². The Morgan fingerprint density at radius 2 is 2.05 bits per heavy atom. The first kappa shape index (κ1) is 14.1. The standard InChI is InChI=1S/C16H24N2O/c1-16(2)10-6-9-13(11-16)18-15(19)14(17)12-7-4-3-5-8-12/h3-5,7-8,13-14H,6,9-11,17H2,1-2H3,(H,18,19)/t13?,14-/m1/s1. The van der Waals surface area contributed by atoms with Crippen molar-refractivity contribution in [2.24, 2.45) is 11.1 Å². The molecule has 3 heteroatoms. The van der Waals surface area contributed by atoms with Gasteiger partial charge in [0.1, 0.15) is 6.04 Å². The van der Waals surface area contributed by atoms with Gasteiger partial charge in [0.25, 0.3) is 0 Å². The summed E-state index contributed by atoms with van der Waals surface area (Å²) in [7, 11) is 0. The molecule has 3 nitrogen and oxygen atoms in total. The molecule has 1 amide bonds. The summed E-state index contributed by atoms with van der Waals surface area (Å²) in [5.74, 6) is -0.0612. The van der Waals surface area contributed by atoms with E-state index in [9.17, 15) is 4.79 Å². The summed E-state index contributed by atoms with van der Waals surface area (Å²) < 4.78 is 0. The molecule has 0 heterocycles. The zero-order valence-electron chi connectivity index (χ0n) is 11.9. The second kappa shape index (κ2) is 5.74. The number of hydrogen-bond acceptors (Lipinski definition) is 2. The topological polar surface area (TPSA) is 55.1 Å². The third-order valence-corrected chi connectivity index (χ3v) is 3.99. The molecule has 1 aromatic rings. The lowest BCUT2D eigenvalue weighted by molar-refractivity contribution is -0.123. The first-order chi connectivity index (χ1) is 8.98. The van der Waals surface area contributed by atoms with Gasteiger partial charge >= 0.3 is 0 Å². The second-order valence-corrected chi connectivity index (χ2v) is 6.35. The molecule has 1 saturated carbocycles. The Morgan fingerprint density at radius 3 is 2.68 bits per heavy atom. The highest BCUT2D eigenvalue weighted by atomic mass is 16.2. The van der Waals surface area contributed by atoms with Gasteiger partial charge in [-0.2, -0.15) is 0 Å². The molecule has 2 rings (SSSR count). The maximum atomic E-state index is 12.2. The minimum absolute atomic E-state index is 0.0612. The van der Waals surface area contributed by atoms with Crippen molar-refractivity contribution >= 4 is 5.91 Å². The van der Waals surface area contributed by atoms with Gasteiger partial charge in [-0.15, -0.1) is 0 Å². The Labute approximate surface area is 115 Å². The SMILES string of the molecule is CC1(C)CCCC(NC(=O)[C@H](N)c2ccccc2)C1. The van der Waals surface area contributed by atoms with Crippen molar-refractivity contribution < 1.29 is 4.79 Å². The molecule has 0 radical (unpaired) electrons. The molecule has 0 saturated heterocycles. The van der Waals surface area contributed by atoms with Crippen molar-refractivity contribution in [1.82, 2.24) is 5.32 Å². The predicted molar refractivity (Wildman–Crippen MR) is 77.6 cm³/mol. The van der Waals surface area contributed by atoms with E-state index in [1.165, 1.54) is 12.8 Å². The van der Waals surface area contributed by atoms with E-state index in [2.05, 4.69) is 19.2 Å². The summed E-state index contributed by atoms with van der Waals surface area (Å²) in [5, 5.41) is 3.11. The quantitative estimate of drug-likeness (QED) is 0.878. The van der Waals surface area contributed by atoms with E-state index in [0.29, 0.717) is 5.41 Å². The Kier molecular flexibility index (Phi) is 4.25. The number of nitrogens with one attached hydrogen (secondary N) is 1. The Hall–Kier alpha value is -1.35. The molecule has 104 valence electrons. The lowest BCUT2D eigenvalue weighted by atomic mass is 9.75. The zero-order valence-corrected chi connectivity index (χ0v) is 11.9. The number of amides is 1. The van der Waals surface area contributed by atoms with Gasteiger partial charge in [0.2, 0.25) is 5.91 Å². The lowest BCUT2D eigenvalue weighted by Crippen LogP contribution is -2.44. The van der Waals surface area contributed by atoms with Crippen molar-refractivity contribution in [3.63, 3.8) is 0 Å². The molecule has 2 atom stereocenters. The lowest BCUT2D eigenvalue weighted by Gasteiger charge is -2.36. The number of carbonyl (C=O) groups excluding carboxylic acids is 1. The maximum absolute atomic E-state index is 12.2. The summed E-state index contributed by atoms with van der Waals surface area (Å²) in [4.78, 5) is 12.2. The van der Waals surface area contributed by atoms with E-state index in [0.717, 1.165) is 18.4 Å². The molecule has 0 bridgehead atoms. The van der Waals surface area contributed by atoms with Gasteiger partial charge in [-0.3, -0.25) is 4.79 Å². The highest BCUT2D eigenvalue weighted by molar-refractivity contribution is 5.83. The summed E-state index contributed by atoms with van der Waals surface area (Å²) in [6.45, 7) is 4.53. The molecular weight excluding hydrogens is 236 g/mol. The average Bonchev–Trinajstić information content (AvgIpc) is 2.37. The average molecular weight is 260 g/mol. The van der Waals surface area contributed by atoms with E-state index >= 15 is 0 Å². The molecule has 1 aliphatic carbocycles. The van der Waals surface area contributed by atoms with Crippen LogP contribution in [0.1, 0.15) is 51.1 Å². The molecule has 19 heavy (non-hydrogen) atoms. The third kappa shape index (κ3) is 3.80. The van der Waals surface area contributed by atoms with Gasteiger partial charge in [-0.05, 0) is 30.2 Å². The van der Waals surface area contributed by atoms with Crippen molar-refractivity contribution in [3.8, 4) is 0 Å². The van der Waals surface area contributed by atoms with Crippen LogP contribution < -0.4 is 11.1 Å². The van der Waals surface area contributed by atoms with Crippen molar-refractivity contribution in [3.05, 3.63) is 35.9 Å². The van der Waals surface area contributed by atoms with Crippen LogP contribution in [0.4, 0.5) is 0 Å². The monoisotopic (exact) mass is 260 g/mol. The molecule has 1 aromatic carbocycles. The van der Waals surface area contributed by atoms with Crippen LogP contribution in [0.3, 0.4) is 0 Å². The van der Waals surface area contributed by atoms with E-state index < -0.39 is 6.04 Å². The fourth-order valence-corrected chi connectivity index (χ4v) is 2.92. The van der Waals surface area contributed by atoms with Crippen molar-refractivity contribution in [1.29, 1.82) is 0 Å². The van der Waals surface area contributed by atoms with Crippen LogP contribution in [0.2, 0.25) is 0 Å². The predicted octanol–water partition coefficient (Wildman–Crippen LogP) is 2.77. The van der Waals surface area contributed by atoms with Crippen LogP contribution >= 0.6 is 0 Å². The van der Waals surface area contributed by atoms with Crippen LogP contribution in [0.15, 0.2) is 30.3 Å². The third-order valence-electron chi connectivity index (χ3n) is 3.99. The fourth-order valence-electron chi connectivity index (χ4n) is 2.92. The van der Waals surface area contributed by atoms with Gasteiger partial charge in [0, 0.05) is 6.04 Å². The molecule has 0 spiro atoms. The maximum Gasteiger partial charge on any atom is 0.241 e. The van der Waals surface area contributed by atoms with Crippen LogP contribution in [0.5, 0.6) is 0 Å². The fraction of sp³-hybridized carbons (Fsp3) is 0.562. The number of rotatable bonds is 3. The second-order valence-electron chi connectivity index (χ2n) is 6.35. The van der Waals surface area contributed by atoms with Crippen LogP contribution in [-0.4, -0.2) is 11.9 Å². The van der Waals surface area contributed by atoms with E-state index in [-0.39, 0.29) is 11.9 Å². The first-order valence-corrected chi connectivity index (χ1v) is 7.09. The van der Waals surface area contributed by atoms with Crippen LogP contribution in [0, 0.1) is 5.41 Å². The minimum Gasteiger partial charge on any atom is -0.352 e. The molecule has 1 aliphatic rings. The molecule has 1 fully saturated rings. The van der Waals surface area contributed by atoms with Gasteiger partial charge in [-0.25, -0.2) is 0 Å². The Bertz CT molecular complexity index is 428.